The number of hydrogen-bond acceptors (Lipinski definition) is 4. The Kier molecular flexibility index (Phi) is 5.14. The largest absolute Gasteiger partial charge is 0.378 e. The monoisotopic (exact) mass is 304 g/mol. The summed E-state index contributed by atoms with van der Waals surface area (Å²) in [6.07, 6.45) is 3.14. The third-order valence-corrected chi connectivity index (χ3v) is 3.39. The molecule has 0 amide bonds. The Hall–Kier alpha value is -2.11. The van der Waals surface area contributed by atoms with E-state index < -0.39 is 0 Å². The van der Waals surface area contributed by atoms with E-state index in [1.54, 1.807) is 12.3 Å². The van der Waals surface area contributed by atoms with Gasteiger partial charge in [0.1, 0.15) is 5.02 Å². The molecule has 0 aliphatic rings. The van der Waals surface area contributed by atoms with E-state index in [0.717, 1.165) is 11.1 Å². The van der Waals surface area contributed by atoms with Gasteiger partial charge in [-0.3, -0.25) is 4.79 Å². The predicted molar refractivity (Wildman–Crippen MR) is 85.4 cm³/mol. The quantitative estimate of drug-likeness (QED) is 0.802. The Labute approximate surface area is 128 Å². The fraction of sp³-hybridized carbons (Fsp3) is 0.200. The lowest BCUT2D eigenvalue weighted by Gasteiger charge is -2.10. The van der Waals surface area contributed by atoms with Crippen LogP contribution >= 0.6 is 11.6 Å². The molecule has 0 bridgehead atoms. The van der Waals surface area contributed by atoms with Crippen LogP contribution in [0.3, 0.4) is 0 Å². The molecule has 0 radical (unpaired) electrons. The van der Waals surface area contributed by atoms with Crippen molar-refractivity contribution < 1.29 is 0 Å². The SMILES string of the molecule is C=CCn1ncc(NCc2ccc(CN)cc2)c(Cl)c1=O. The smallest absolute Gasteiger partial charge is 0.287 e. The summed E-state index contributed by atoms with van der Waals surface area (Å²) in [5, 5.41) is 7.28. The first-order valence-electron chi connectivity index (χ1n) is 6.54. The second-order valence-electron chi connectivity index (χ2n) is 4.52. The first-order valence-corrected chi connectivity index (χ1v) is 6.91. The van der Waals surface area contributed by atoms with Crippen molar-refractivity contribution >= 4 is 17.3 Å². The van der Waals surface area contributed by atoms with Gasteiger partial charge in [-0.25, -0.2) is 4.68 Å². The van der Waals surface area contributed by atoms with Crippen molar-refractivity contribution in [1.82, 2.24) is 9.78 Å². The Morgan fingerprint density at radius 2 is 2.00 bits per heavy atom. The zero-order valence-corrected chi connectivity index (χ0v) is 12.3. The van der Waals surface area contributed by atoms with Crippen molar-refractivity contribution in [2.75, 3.05) is 5.32 Å². The van der Waals surface area contributed by atoms with Crippen LogP contribution in [0, 0.1) is 0 Å². The molecule has 6 heteroatoms. The van der Waals surface area contributed by atoms with Crippen molar-refractivity contribution in [3.8, 4) is 0 Å². The third-order valence-electron chi connectivity index (χ3n) is 3.03. The average molecular weight is 305 g/mol. The van der Waals surface area contributed by atoms with Gasteiger partial charge in [-0.05, 0) is 11.1 Å². The lowest BCUT2D eigenvalue weighted by atomic mass is 10.1. The zero-order chi connectivity index (χ0) is 15.2. The van der Waals surface area contributed by atoms with E-state index in [1.165, 1.54) is 4.68 Å². The molecule has 0 fully saturated rings. The van der Waals surface area contributed by atoms with Crippen LogP contribution in [-0.4, -0.2) is 9.78 Å². The zero-order valence-electron chi connectivity index (χ0n) is 11.6. The number of anilines is 1. The normalized spacial score (nSPS) is 10.4. The van der Waals surface area contributed by atoms with Gasteiger partial charge in [0.25, 0.3) is 5.56 Å². The standard InChI is InChI=1S/C15H17ClN4O/c1-2-7-20-15(21)14(16)13(10-19-20)18-9-12-5-3-11(8-17)4-6-12/h2-6,10,18H,1,7-9,17H2. The van der Waals surface area contributed by atoms with Gasteiger partial charge in [-0.15, -0.1) is 6.58 Å². The molecule has 0 aliphatic heterocycles. The van der Waals surface area contributed by atoms with E-state index in [-0.39, 0.29) is 10.6 Å². The highest BCUT2D eigenvalue weighted by Crippen LogP contribution is 2.16. The fourth-order valence-corrected chi connectivity index (χ4v) is 2.04. The molecule has 2 aromatic rings. The molecule has 1 aromatic heterocycles. The second-order valence-corrected chi connectivity index (χ2v) is 4.90. The number of benzene rings is 1. The molecule has 1 heterocycles. The Balaban J connectivity index is 2.10. The number of allylic oxidation sites excluding steroid dienone is 1. The molecule has 0 saturated heterocycles. The van der Waals surface area contributed by atoms with E-state index in [9.17, 15) is 4.79 Å². The lowest BCUT2D eigenvalue weighted by molar-refractivity contribution is 0.653. The molecule has 2 rings (SSSR count). The van der Waals surface area contributed by atoms with Crippen molar-refractivity contribution in [3.05, 3.63) is 69.6 Å². The van der Waals surface area contributed by atoms with Crippen molar-refractivity contribution in [2.45, 2.75) is 19.6 Å². The topological polar surface area (TPSA) is 72.9 Å². The van der Waals surface area contributed by atoms with Crippen LogP contribution in [0.5, 0.6) is 0 Å². The predicted octanol–water partition coefficient (Wildman–Crippen LogP) is 2.15. The van der Waals surface area contributed by atoms with Crippen LogP contribution < -0.4 is 16.6 Å². The van der Waals surface area contributed by atoms with E-state index in [4.69, 9.17) is 17.3 Å². The van der Waals surface area contributed by atoms with Crippen molar-refractivity contribution in [3.63, 3.8) is 0 Å². The molecule has 110 valence electrons. The molecular formula is C15H17ClN4O. The van der Waals surface area contributed by atoms with Gasteiger partial charge >= 0.3 is 0 Å². The maximum Gasteiger partial charge on any atom is 0.287 e. The number of rotatable bonds is 6. The number of aromatic nitrogens is 2. The highest BCUT2D eigenvalue weighted by molar-refractivity contribution is 6.32. The summed E-state index contributed by atoms with van der Waals surface area (Å²) in [5.74, 6) is 0. The van der Waals surface area contributed by atoms with Gasteiger partial charge in [0.05, 0.1) is 18.4 Å². The van der Waals surface area contributed by atoms with E-state index in [1.807, 2.05) is 24.3 Å². The Morgan fingerprint density at radius 1 is 1.33 bits per heavy atom. The van der Waals surface area contributed by atoms with Crippen LogP contribution in [0.4, 0.5) is 5.69 Å². The molecule has 1 aromatic carbocycles. The number of nitrogens with one attached hydrogen (secondary N) is 1. The summed E-state index contributed by atoms with van der Waals surface area (Å²) >= 11 is 6.06. The molecule has 0 unspecified atom stereocenters. The van der Waals surface area contributed by atoms with Gasteiger partial charge in [-0.2, -0.15) is 5.10 Å². The van der Waals surface area contributed by atoms with Gasteiger partial charge in [0, 0.05) is 13.1 Å². The lowest BCUT2D eigenvalue weighted by Crippen LogP contribution is -2.23. The highest BCUT2D eigenvalue weighted by Gasteiger charge is 2.08. The first kappa shape index (κ1) is 15.3. The molecule has 0 saturated carbocycles. The van der Waals surface area contributed by atoms with Crippen LogP contribution in [0.1, 0.15) is 11.1 Å². The second kappa shape index (κ2) is 7.06. The van der Waals surface area contributed by atoms with Gasteiger partial charge in [0.2, 0.25) is 0 Å². The summed E-state index contributed by atoms with van der Waals surface area (Å²) in [6.45, 7) is 4.98. The molecule has 0 atom stereocenters. The average Bonchev–Trinajstić information content (AvgIpc) is 2.52. The van der Waals surface area contributed by atoms with Crippen LogP contribution in [-0.2, 0) is 19.6 Å². The van der Waals surface area contributed by atoms with Crippen LogP contribution in [0.25, 0.3) is 0 Å². The van der Waals surface area contributed by atoms with Gasteiger partial charge < -0.3 is 11.1 Å². The molecule has 5 nitrogen and oxygen atoms in total. The third kappa shape index (κ3) is 3.71. The number of nitrogens with two attached hydrogens (primary N) is 1. The summed E-state index contributed by atoms with van der Waals surface area (Å²) in [7, 11) is 0. The summed E-state index contributed by atoms with van der Waals surface area (Å²) < 4.78 is 1.26. The van der Waals surface area contributed by atoms with Crippen molar-refractivity contribution in [2.24, 2.45) is 5.73 Å². The van der Waals surface area contributed by atoms with Crippen molar-refractivity contribution in [1.29, 1.82) is 0 Å². The number of halogens is 1. The maximum atomic E-state index is 11.9. The molecule has 0 aliphatic carbocycles. The summed E-state index contributed by atoms with van der Waals surface area (Å²) in [5.41, 5.74) is 7.88. The molecular weight excluding hydrogens is 288 g/mol. The minimum atomic E-state index is -0.333. The summed E-state index contributed by atoms with van der Waals surface area (Å²) in [4.78, 5) is 11.9. The summed E-state index contributed by atoms with van der Waals surface area (Å²) in [6, 6.07) is 7.91. The van der Waals surface area contributed by atoms with Gasteiger partial charge in [0.15, 0.2) is 0 Å². The maximum absolute atomic E-state index is 11.9. The minimum absolute atomic E-state index is 0.130. The van der Waals surface area contributed by atoms with E-state index in [2.05, 4.69) is 17.0 Å². The highest BCUT2D eigenvalue weighted by atomic mass is 35.5. The Morgan fingerprint density at radius 3 is 2.62 bits per heavy atom. The van der Waals surface area contributed by atoms with E-state index in [0.29, 0.717) is 25.3 Å². The van der Waals surface area contributed by atoms with Crippen LogP contribution in [0.15, 0.2) is 47.9 Å². The molecule has 0 spiro atoms. The fourth-order valence-electron chi connectivity index (χ4n) is 1.83. The van der Waals surface area contributed by atoms with Gasteiger partial charge in [-0.1, -0.05) is 41.9 Å². The molecule has 21 heavy (non-hydrogen) atoms. The minimum Gasteiger partial charge on any atom is -0.378 e. The molecule has 3 N–H and O–H groups in total. The first-order chi connectivity index (χ1) is 10.2. The number of hydrogen-bond donors (Lipinski definition) is 2. The Bertz CT molecular complexity index is 679. The van der Waals surface area contributed by atoms with E-state index >= 15 is 0 Å². The number of nitrogens with zero attached hydrogens (tertiary/aromatic N) is 2. The van der Waals surface area contributed by atoms with Crippen LogP contribution in [0.2, 0.25) is 5.02 Å².